The lowest BCUT2D eigenvalue weighted by Gasteiger charge is -2.08. The molecule has 9 heteroatoms. The third kappa shape index (κ3) is 3.60. The summed E-state index contributed by atoms with van der Waals surface area (Å²) in [6.45, 7) is 0.241. The van der Waals surface area contributed by atoms with Crippen LogP contribution in [0.1, 0.15) is 6.42 Å². The van der Waals surface area contributed by atoms with Crippen LogP contribution in [-0.4, -0.2) is 47.6 Å². The summed E-state index contributed by atoms with van der Waals surface area (Å²) in [4.78, 5) is 4.24. The molecule has 21 heavy (non-hydrogen) atoms. The zero-order valence-corrected chi connectivity index (χ0v) is 13.5. The average molecular weight is 330 g/mol. The quantitative estimate of drug-likeness (QED) is 0.718. The lowest BCUT2D eigenvalue weighted by Crippen LogP contribution is -2.27. The van der Waals surface area contributed by atoms with E-state index in [1.54, 1.807) is 37.7 Å². The fraction of sp³-hybridized carbons (Fsp3) is 0.417. The molecular formula is C12H18N4O3S2. The molecule has 116 valence electrons. The van der Waals surface area contributed by atoms with Crippen LogP contribution in [0.3, 0.4) is 0 Å². The molecule has 0 aliphatic heterocycles. The van der Waals surface area contributed by atoms with Gasteiger partial charge < -0.3 is 5.32 Å². The standard InChI is InChI=1S/C12H18N4O3S2/c1-13-11-12(16-8-4-3-6-10(16)15-11)21(18,19)14-7-5-9-20(2)17/h3-4,6,8,13-14H,5,7,9H2,1-2H3. The van der Waals surface area contributed by atoms with Crippen LogP contribution in [0.2, 0.25) is 0 Å². The highest BCUT2D eigenvalue weighted by atomic mass is 32.2. The van der Waals surface area contributed by atoms with Crippen LogP contribution in [-0.2, 0) is 20.8 Å². The first kappa shape index (κ1) is 15.9. The number of hydrogen-bond acceptors (Lipinski definition) is 5. The van der Waals surface area contributed by atoms with Crippen molar-refractivity contribution < 1.29 is 12.6 Å². The first-order chi connectivity index (χ1) is 9.95. The number of aromatic nitrogens is 2. The maximum Gasteiger partial charge on any atom is 0.260 e. The molecule has 0 fully saturated rings. The normalized spacial score (nSPS) is 13.4. The van der Waals surface area contributed by atoms with Crippen molar-refractivity contribution in [3.8, 4) is 0 Å². The largest absolute Gasteiger partial charge is 0.371 e. The summed E-state index contributed by atoms with van der Waals surface area (Å²) < 4.78 is 39.9. The lowest BCUT2D eigenvalue weighted by atomic mass is 10.5. The van der Waals surface area contributed by atoms with E-state index in [0.29, 0.717) is 23.6 Å². The highest BCUT2D eigenvalue weighted by molar-refractivity contribution is 7.89. The number of imidazole rings is 1. The van der Waals surface area contributed by atoms with Gasteiger partial charge in [-0.3, -0.25) is 8.61 Å². The van der Waals surface area contributed by atoms with E-state index < -0.39 is 20.8 Å². The Morgan fingerprint density at radius 3 is 2.81 bits per heavy atom. The molecule has 0 aliphatic carbocycles. The van der Waals surface area contributed by atoms with Crippen LogP contribution in [0.5, 0.6) is 0 Å². The molecule has 2 aromatic rings. The van der Waals surface area contributed by atoms with E-state index in [1.807, 2.05) is 0 Å². The van der Waals surface area contributed by atoms with Gasteiger partial charge in [0.05, 0.1) is 0 Å². The summed E-state index contributed by atoms with van der Waals surface area (Å²) in [6.07, 6.45) is 3.77. The molecule has 2 aromatic heterocycles. The summed E-state index contributed by atoms with van der Waals surface area (Å²) in [7, 11) is -2.99. The van der Waals surface area contributed by atoms with Crippen LogP contribution in [0.4, 0.5) is 5.82 Å². The third-order valence-corrected chi connectivity index (χ3v) is 5.22. The van der Waals surface area contributed by atoms with Crippen molar-refractivity contribution in [3.05, 3.63) is 24.4 Å². The smallest absolute Gasteiger partial charge is 0.260 e. The van der Waals surface area contributed by atoms with Crippen molar-refractivity contribution in [1.29, 1.82) is 0 Å². The van der Waals surface area contributed by atoms with Gasteiger partial charge in [-0.25, -0.2) is 18.1 Å². The Hall–Kier alpha value is -1.45. The average Bonchev–Trinajstić information content (AvgIpc) is 2.82. The molecule has 0 spiro atoms. The van der Waals surface area contributed by atoms with Gasteiger partial charge in [-0.05, 0) is 18.6 Å². The van der Waals surface area contributed by atoms with E-state index in [9.17, 15) is 12.6 Å². The molecule has 0 aliphatic rings. The zero-order chi connectivity index (χ0) is 15.5. The summed E-state index contributed by atoms with van der Waals surface area (Å²) in [5.74, 6) is 0.766. The highest BCUT2D eigenvalue weighted by Gasteiger charge is 2.24. The van der Waals surface area contributed by atoms with Gasteiger partial charge in [0.1, 0.15) is 5.65 Å². The van der Waals surface area contributed by atoms with Crippen molar-refractivity contribution in [1.82, 2.24) is 14.1 Å². The number of sulfonamides is 1. The number of hydrogen-bond donors (Lipinski definition) is 2. The fourth-order valence-electron chi connectivity index (χ4n) is 1.94. The summed E-state index contributed by atoms with van der Waals surface area (Å²) in [6, 6.07) is 5.27. The minimum atomic E-state index is -3.70. The molecule has 0 bridgehead atoms. The molecule has 0 amide bonds. The SMILES string of the molecule is CNc1nc2ccccn2c1S(=O)(=O)NCCCS(C)=O. The maximum absolute atomic E-state index is 12.4. The predicted molar refractivity (Wildman–Crippen MR) is 83.5 cm³/mol. The lowest BCUT2D eigenvalue weighted by molar-refractivity contribution is 0.576. The predicted octanol–water partition coefficient (Wildman–Crippen LogP) is 0.423. The Balaban J connectivity index is 2.29. The summed E-state index contributed by atoms with van der Waals surface area (Å²) in [5.41, 5.74) is 0.553. The Labute approximate surface area is 126 Å². The van der Waals surface area contributed by atoms with Gasteiger partial charge in [-0.1, -0.05) is 6.07 Å². The number of nitrogens with one attached hydrogen (secondary N) is 2. The van der Waals surface area contributed by atoms with Crippen molar-refractivity contribution in [2.75, 3.05) is 30.9 Å². The van der Waals surface area contributed by atoms with Gasteiger partial charge in [0.25, 0.3) is 10.0 Å². The Morgan fingerprint density at radius 1 is 1.38 bits per heavy atom. The molecule has 1 atom stereocenters. The first-order valence-electron chi connectivity index (χ1n) is 6.40. The second-order valence-corrected chi connectivity index (χ2v) is 7.71. The van der Waals surface area contributed by atoms with Crippen LogP contribution < -0.4 is 10.0 Å². The van der Waals surface area contributed by atoms with Crippen LogP contribution >= 0.6 is 0 Å². The Morgan fingerprint density at radius 2 is 2.14 bits per heavy atom. The number of rotatable bonds is 7. The topological polar surface area (TPSA) is 92.6 Å². The zero-order valence-electron chi connectivity index (χ0n) is 11.9. The monoisotopic (exact) mass is 330 g/mol. The Kier molecular flexibility index (Phi) is 4.96. The first-order valence-corrected chi connectivity index (χ1v) is 9.61. The summed E-state index contributed by atoms with van der Waals surface area (Å²) in [5, 5.41) is 2.88. The molecule has 0 radical (unpaired) electrons. The maximum atomic E-state index is 12.4. The number of fused-ring (bicyclic) bond motifs is 1. The molecule has 0 aromatic carbocycles. The van der Waals surface area contributed by atoms with Crippen molar-refractivity contribution in [2.45, 2.75) is 11.4 Å². The second-order valence-electron chi connectivity index (χ2n) is 4.47. The van der Waals surface area contributed by atoms with Gasteiger partial charge in [0.2, 0.25) is 0 Å². The second kappa shape index (κ2) is 6.54. The minimum Gasteiger partial charge on any atom is -0.371 e. The van der Waals surface area contributed by atoms with Crippen LogP contribution in [0.15, 0.2) is 29.4 Å². The van der Waals surface area contributed by atoms with E-state index in [1.165, 1.54) is 4.40 Å². The van der Waals surface area contributed by atoms with E-state index in [2.05, 4.69) is 15.0 Å². The number of anilines is 1. The van der Waals surface area contributed by atoms with Gasteiger partial charge in [-0.2, -0.15) is 0 Å². The Bertz CT molecular complexity index is 755. The van der Waals surface area contributed by atoms with Crippen LogP contribution in [0.25, 0.3) is 5.65 Å². The fourth-order valence-corrected chi connectivity index (χ4v) is 3.86. The summed E-state index contributed by atoms with van der Waals surface area (Å²) >= 11 is 0. The van der Waals surface area contributed by atoms with Crippen molar-refractivity contribution in [3.63, 3.8) is 0 Å². The van der Waals surface area contributed by atoms with E-state index in [4.69, 9.17) is 0 Å². The van der Waals surface area contributed by atoms with E-state index >= 15 is 0 Å². The van der Waals surface area contributed by atoms with Crippen LogP contribution in [0, 0.1) is 0 Å². The van der Waals surface area contributed by atoms with Gasteiger partial charge in [0, 0.05) is 42.6 Å². The van der Waals surface area contributed by atoms with Crippen molar-refractivity contribution in [2.24, 2.45) is 0 Å². The van der Waals surface area contributed by atoms with Gasteiger partial charge in [0.15, 0.2) is 10.8 Å². The highest BCUT2D eigenvalue weighted by Crippen LogP contribution is 2.21. The minimum absolute atomic E-state index is 0.0817. The molecule has 2 heterocycles. The third-order valence-electron chi connectivity index (χ3n) is 2.88. The van der Waals surface area contributed by atoms with Gasteiger partial charge in [-0.15, -0.1) is 0 Å². The molecule has 7 nitrogen and oxygen atoms in total. The number of nitrogens with zero attached hydrogens (tertiary/aromatic N) is 2. The molecule has 1 unspecified atom stereocenters. The van der Waals surface area contributed by atoms with E-state index in [-0.39, 0.29) is 11.6 Å². The molecular weight excluding hydrogens is 312 g/mol. The molecule has 2 N–H and O–H groups in total. The molecule has 2 rings (SSSR count). The molecule has 0 saturated heterocycles. The molecule has 0 saturated carbocycles. The van der Waals surface area contributed by atoms with E-state index in [0.717, 1.165) is 0 Å². The van der Waals surface area contributed by atoms with Crippen molar-refractivity contribution >= 4 is 32.3 Å². The number of pyridine rings is 1. The van der Waals surface area contributed by atoms with Gasteiger partial charge >= 0.3 is 0 Å².